The third kappa shape index (κ3) is 3.51. The largest absolute Gasteiger partial charge is 0.507 e. The first kappa shape index (κ1) is 13.9. The summed E-state index contributed by atoms with van der Waals surface area (Å²) in [6.07, 6.45) is 0. The van der Waals surface area contributed by atoms with Gasteiger partial charge in [-0.1, -0.05) is 30.3 Å². The van der Waals surface area contributed by atoms with Gasteiger partial charge in [0.05, 0.1) is 6.61 Å². The smallest absolute Gasteiger partial charge is 0.344 e. The summed E-state index contributed by atoms with van der Waals surface area (Å²) in [4.78, 5) is 11.2. The second-order valence-electron chi connectivity index (χ2n) is 4.14. The van der Waals surface area contributed by atoms with Gasteiger partial charge in [-0.15, -0.1) is 0 Å². The lowest BCUT2D eigenvalue weighted by molar-refractivity contribution is -0.145. The number of phenolic OH excluding ortho intramolecular Hbond substituents is 1. The van der Waals surface area contributed by atoms with Crippen molar-refractivity contribution in [2.45, 2.75) is 6.92 Å². The van der Waals surface area contributed by atoms with Crippen LogP contribution in [0.5, 0.6) is 11.5 Å². The predicted molar refractivity (Wildman–Crippen MR) is 75.7 cm³/mol. The Balaban J connectivity index is 2.03. The van der Waals surface area contributed by atoms with E-state index >= 15 is 0 Å². The number of carbonyl (C=O) groups is 1. The molecule has 0 aliphatic heterocycles. The van der Waals surface area contributed by atoms with E-state index in [-0.39, 0.29) is 12.4 Å². The van der Waals surface area contributed by atoms with Crippen LogP contribution in [-0.4, -0.2) is 24.3 Å². The van der Waals surface area contributed by atoms with Gasteiger partial charge >= 0.3 is 5.97 Å². The molecule has 0 aliphatic carbocycles. The first-order valence-electron chi connectivity index (χ1n) is 6.37. The Bertz CT molecular complexity index is 575. The molecule has 20 heavy (non-hydrogen) atoms. The zero-order chi connectivity index (χ0) is 14.4. The standard InChI is InChI=1S/C16H16O4/c1-2-19-16(18)11-20-13-9-7-12(8-10-13)14-5-3-4-6-15(14)17/h3-10,17H,2,11H2,1H3. The van der Waals surface area contributed by atoms with Gasteiger partial charge in [0.1, 0.15) is 11.5 Å². The third-order valence-electron chi connectivity index (χ3n) is 2.73. The highest BCUT2D eigenvalue weighted by Gasteiger charge is 2.05. The van der Waals surface area contributed by atoms with Gasteiger partial charge in [0.2, 0.25) is 0 Å². The predicted octanol–water partition coefficient (Wildman–Crippen LogP) is 3.00. The molecule has 4 heteroatoms. The highest BCUT2D eigenvalue weighted by molar-refractivity contribution is 5.72. The lowest BCUT2D eigenvalue weighted by Gasteiger charge is -2.08. The summed E-state index contributed by atoms with van der Waals surface area (Å²) >= 11 is 0. The van der Waals surface area contributed by atoms with Crippen LogP contribution in [0.25, 0.3) is 11.1 Å². The lowest BCUT2D eigenvalue weighted by Crippen LogP contribution is -2.14. The fraction of sp³-hybridized carbons (Fsp3) is 0.188. The van der Waals surface area contributed by atoms with Crippen molar-refractivity contribution in [3.05, 3.63) is 48.5 Å². The number of esters is 1. The minimum absolute atomic E-state index is 0.107. The maximum atomic E-state index is 11.2. The van der Waals surface area contributed by atoms with E-state index < -0.39 is 5.97 Å². The molecule has 104 valence electrons. The zero-order valence-corrected chi connectivity index (χ0v) is 11.2. The van der Waals surface area contributed by atoms with Crippen molar-refractivity contribution < 1.29 is 19.4 Å². The summed E-state index contributed by atoms with van der Waals surface area (Å²) in [6, 6.07) is 14.3. The molecule has 0 amide bonds. The molecule has 2 aromatic carbocycles. The van der Waals surface area contributed by atoms with Crippen molar-refractivity contribution in [3.63, 3.8) is 0 Å². The number of para-hydroxylation sites is 1. The summed E-state index contributed by atoms with van der Waals surface area (Å²) in [5, 5.41) is 9.78. The van der Waals surface area contributed by atoms with Gasteiger partial charge in [0.15, 0.2) is 6.61 Å². The van der Waals surface area contributed by atoms with Gasteiger partial charge in [0.25, 0.3) is 0 Å². The van der Waals surface area contributed by atoms with Crippen LogP contribution in [-0.2, 0) is 9.53 Å². The van der Waals surface area contributed by atoms with Crippen LogP contribution < -0.4 is 4.74 Å². The first-order valence-corrected chi connectivity index (χ1v) is 6.37. The van der Waals surface area contributed by atoms with Crippen molar-refractivity contribution >= 4 is 5.97 Å². The normalized spacial score (nSPS) is 10.1. The molecule has 0 unspecified atom stereocenters. The highest BCUT2D eigenvalue weighted by atomic mass is 16.6. The highest BCUT2D eigenvalue weighted by Crippen LogP contribution is 2.29. The van der Waals surface area contributed by atoms with Gasteiger partial charge < -0.3 is 14.6 Å². The van der Waals surface area contributed by atoms with Crippen LogP contribution >= 0.6 is 0 Å². The first-order chi connectivity index (χ1) is 9.70. The van der Waals surface area contributed by atoms with E-state index in [0.717, 1.165) is 11.1 Å². The molecule has 2 rings (SSSR count). The van der Waals surface area contributed by atoms with Crippen LogP contribution in [0.1, 0.15) is 6.92 Å². The van der Waals surface area contributed by atoms with Crippen LogP contribution in [0.4, 0.5) is 0 Å². The number of hydrogen-bond donors (Lipinski definition) is 1. The average molecular weight is 272 g/mol. The topological polar surface area (TPSA) is 55.8 Å². The van der Waals surface area contributed by atoms with E-state index in [1.54, 1.807) is 31.2 Å². The Labute approximate surface area is 117 Å². The number of phenols is 1. The monoisotopic (exact) mass is 272 g/mol. The number of ether oxygens (including phenoxy) is 2. The molecular formula is C16H16O4. The SMILES string of the molecule is CCOC(=O)COc1ccc(-c2ccccc2O)cc1. The van der Waals surface area contributed by atoms with Gasteiger partial charge in [-0.3, -0.25) is 0 Å². The average Bonchev–Trinajstić information content (AvgIpc) is 2.47. The van der Waals surface area contributed by atoms with E-state index in [0.29, 0.717) is 12.4 Å². The van der Waals surface area contributed by atoms with Crippen LogP contribution in [0.15, 0.2) is 48.5 Å². The molecule has 0 spiro atoms. The van der Waals surface area contributed by atoms with Crippen LogP contribution in [0.2, 0.25) is 0 Å². The number of hydrogen-bond acceptors (Lipinski definition) is 4. The molecule has 0 heterocycles. The minimum atomic E-state index is -0.391. The van der Waals surface area contributed by atoms with Gasteiger partial charge in [-0.2, -0.15) is 0 Å². The number of carbonyl (C=O) groups excluding carboxylic acids is 1. The summed E-state index contributed by atoms with van der Waals surface area (Å²) in [5.74, 6) is 0.419. The third-order valence-corrected chi connectivity index (χ3v) is 2.73. The second kappa shape index (κ2) is 6.61. The van der Waals surface area contributed by atoms with E-state index in [4.69, 9.17) is 9.47 Å². The van der Waals surface area contributed by atoms with Crippen LogP contribution in [0, 0.1) is 0 Å². The lowest BCUT2D eigenvalue weighted by atomic mass is 10.0. The molecule has 4 nitrogen and oxygen atoms in total. The fourth-order valence-electron chi connectivity index (χ4n) is 1.79. The molecule has 0 aliphatic rings. The molecule has 2 aromatic rings. The molecule has 1 N–H and O–H groups in total. The van der Waals surface area contributed by atoms with Crippen molar-refractivity contribution in [2.75, 3.05) is 13.2 Å². The summed E-state index contributed by atoms with van der Waals surface area (Å²) < 4.78 is 10.1. The van der Waals surface area contributed by atoms with Crippen molar-refractivity contribution in [1.29, 1.82) is 0 Å². The van der Waals surface area contributed by atoms with E-state index in [1.165, 1.54) is 0 Å². The number of aromatic hydroxyl groups is 1. The quantitative estimate of drug-likeness (QED) is 0.850. The molecule has 0 atom stereocenters. The van der Waals surface area contributed by atoms with Gasteiger partial charge in [-0.25, -0.2) is 4.79 Å². The molecule has 0 saturated heterocycles. The van der Waals surface area contributed by atoms with Crippen molar-refractivity contribution in [3.8, 4) is 22.6 Å². The van der Waals surface area contributed by atoms with Gasteiger partial charge in [0, 0.05) is 5.56 Å². The summed E-state index contributed by atoms with van der Waals surface area (Å²) in [7, 11) is 0. The molecule has 0 aromatic heterocycles. The Hall–Kier alpha value is -2.49. The molecule has 0 bridgehead atoms. The number of rotatable bonds is 5. The van der Waals surface area contributed by atoms with E-state index in [2.05, 4.69) is 0 Å². The minimum Gasteiger partial charge on any atom is -0.507 e. The molecule has 0 fully saturated rings. The van der Waals surface area contributed by atoms with Crippen LogP contribution in [0.3, 0.4) is 0 Å². The van der Waals surface area contributed by atoms with E-state index in [1.807, 2.05) is 24.3 Å². The second-order valence-corrected chi connectivity index (χ2v) is 4.14. The maximum Gasteiger partial charge on any atom is 0.344 e. The Morgan fingerprint density at radius 2 is 1.80 bits per heavy atom. The molecule has 0 radical (unpaired) electrons. The Kier molecular flexibility index (Phi) is 4.60. The number of benzene rings is 2. The Morgan fingerprint density at radius 3 is 2.45 bits per heavy atom. The van der Waals surface area contributed by atoms with Crippen molar-refractivity contribution in [2.24, 2.45) is 0 Å². The molecular weight excluding hydrogens is 256 g/mol. The molecule has 0 saturated carbocycles. The zero-order valence-electron chi connectivity index (χ0n) is 11.2. The summed E-state index contributed by atoms with van der Waals surface area (Å²) in [6.45, 7) is 1.98. The maximum absolute atomic E-state index is 11.2. The fourth-order valence-corrected chi connectivity index (χ4v) is 1.79. The Morgan fingerprint density at radius 1 is 1.10 bits per heavy atom. The van der Waals surface area contributed by atoms with Gasteiger partial charge in [-0.05, 0) is 30.7 Å². The summed E-state index contributed by atoms with van der Waals surface area (Å²) in [5.41, 5.74) is 1.64. The van der Waals surface area contributed by atoms with Crippen molar-refractivity contribution in [1.82, 2.24) is 0 Å². The van der Waals surface area contributed by atoms with E-state index in [9.17, 15) is 9.90 Å².